The van der Waals surface area contributed by atoms with Crippen molar-refractivity contribution in [3.8, 4) is 0 Å². The van der Waals surface area contributed by atoms with Crippen LogP contribution >= 0.6 is 0 Å². The minimum atomic E-state index is -0.0956. The molecule has 0 aliphatic carbocycles. The van der Waals surface area contributed by atoms with E-state index in [9.17, 15) is 5.11 Å². The molecule has 2 saturated heterocycles. The Balaban J connectivity index is 0.000000196. The monoisotopic (exact) mass is 477 g/mol. The predicted molar refractivity (Wildman–Crippen MR) is 135 cm³/mol. The van der Waals surface area contributed by atoms with Gasteiger partial charge in [0.1, 0.15) is 18.3 Å². The molecule has 3 unspecified atom stereocenters. The minimum absolute atomic E-state index is 0.0956. The van der Waals surface area contributed by atoms with Crippen LogP contribution in [0.25, 0.3) is 5.65 Å². The van der Waals surface area contributed by atoms with Crippen LogP contribution < -0.4 is 4.90 Å². The quantitative estimate of drug-likeness (QED) is 0.463. The van der Waals surface area contributed by atoms with Crippen LogP contribution in [0.3, 0.4) is 0 Å². The Morgan fingerprint density at radius 3 is 2.40 bits per heavy atom. The van der Waals surface area contributed by atoms with Gasteiger partial charge in [-0.3, -0.25) is 5.10 Å². The van der Waals surface area contributed by atoms with Gasteiger partial charge in [-0.15, -0.1) is 5.10 Å². The number of pyridine rings is 1. The summed E-state index contributed by atoms with van der Waals surface area (Å²) in [6.07, 6.45) is 5.51. The molecule has 6 rings (SSSR count). The van der Waals surface area contributed by atoms with E-state index in [1.165, 1.54) is 18.4 Å². The molecule has 0 spiro atoms. The number of aryl methyl sites for hydroxylation is 2. The molecule has 4 aromatic rings. The fourth-order valence-corrected chi connectivity index (χ4v) is 4.28. The second kappa shape index (κ2) is 11.9. The van der Waals surface area contributed by atoms with E-state index < -0.39 is 0 Å². The maximum absolute atomic E-state index is 9.26. The van der Waals surface area contributed by atoms with E-state index >= 15 is 0 Å². The number of H-pyrrole nitrogens is 1. The van der Waals surface area contributed by atoms with Gasteiger partial charge in [0.05, 0.1) is 18.5 Å². The summed E-state index contributed by atoms with van der Waals surface area (Å²) in [6, 6.07) is 14.2. The Labute approximate surface area is 206 Å². The first-order valence-electron chi connectivity index (χ1n) is 12.2. The summed E-state index contributed by atoms with van der Waals surface area (Å²) in [4.78, 5) is 10.8. The maximum atomic E-state index is 9.26. The fraction of sp³-hybridized carbons (Fsp3) is 0.462. The van der Waals surface area contributed by atoms with Crippen molar-refractivity contribution in [1.82, 2.24) is 29.8 Å². The third-order valence-electron chi connectivity index (χ3n) is 6.24. The van der Waals surface area contributed by atoms with Crippen LogP contribution in [0.5, 0.6) is 0 Å². The van der Waals surface area contributed by atoms with Gasteiger partial charge in [0.2, 0.25) is 0 Å². The maximum Gasteiger partial charge on any atom is 0.180 e. The van der Waals surface area contributed by atoms with E-state index in [1.807, 2.05) is 47.8 Å². The molecule has 2 N–H and O–H groups in total. The molecule has 35 heavy (non-hydrogen) atoms. The molecule has 1 aromatic carbocycles. The van der Waals surface area contributed by atoms with Crippen LogP contribution in [-0.4, -0.2) is 61.2 Å². The molecule has 3 aromatic heterocycles. The Hall–Kier alpha value is -3.30. The van der Waals surface area contributed by atoms with Gasteiger partial charge in [-0.1, -0.05) is 43.3 Å². The third-order valence-corrected chi connectivity index (χ3v) is 6.24. The highest BCUT2D eigenvalue weighted by atomic mass is 16.5. The van der Waals surface area contributed by atoms with Gasteiger partial charge in [0, 0.05) is 25.6 Å². The molecular weight excluding hydrogens is 442 g/mol. The van der Waals surface area contributed by atoms with Crippen molar-refractivity contribution in [1.29, 1.82) is 0 Å². The van der Waals surface area contributed by atoms with E-state index in [1.54, 1.807) is 0 Å². The fourth-order valence-electron chi connectivity index (χ4n) is 4.28. The van der Waals surface area contributed by atoms with Gasteiger partial charge in [-0.2, -0.15) is 5.10 Å². The van der Waals surface area contributed by atoms with Gasteiger partial charge in [0.25, 0.3) is 0 Å². The first-order valence-corrected chi connectivity index (χ1v) is 12.2. The SMILES string of the molecule is Cc1cc(N2CCC(C)C2)cn2nc(C3CC(CO)CO3)nc12.Cc1ncn[nH]1.c1ccccc1. The van der Waals surface area contributed by atoms with Crippen molar-refractivity contribution < 1.29 is 9.84 Å². The van der Waals surface area contributed by atoms with Crippen molar-refractivity contribution in [2.75, 3.05) is 31.2 Å². The molecule has 2 aliphatic heterocycles. The number of ether oxygens (including phenoxy) is 1. The van der Waals surface area contributed by atoms with E-state index in [-0.39, 0.29) is 18.6 Å². The highest BCUT2D eigenvalue weighted by Crippen LogP contribution is 2.31. The van der Waals surface area contributed by atoms with Crippen LogP contribution in [0.15, 0.2) is 55.0 Å². The van der Waals surface area contributed by atoms with Crippen molar-refractivity contribution in [2.24, 2.45) is 11.8 Å². The molecule has 2 fully saturated rings. The van der Waals surface area contributed by atoms with Crippen molar-refractivity contribution in [3.63, 3.8) is 0 Å². The first kappa shape index (κ1) is 24.8. The average molecular weight is 478 g/mol. The number of aromatic amines is 1. The normalized spacial score (nSPS) is 21.4. The average Bonchev–Trinajstić information content (AvgIpc) is 3.68. The number of aromatic nitrogens is 6. The molecule has 5 heterocycles. The Morgan fingerprint density at radius 1 is 1.14 bits per heavy atom. The molecule has 0 amide bonds. The van der Waals surface area contributed by atoms with Crippen LogP contribution in [0.1, 0.15) is 43.1 Å². The largest absolute Gasteiger partial charge is 0.396 e. The summed E-state index contributed by atoms with van der Waals surface area (Å²) in [5.74, 6) is 2.54. The zero-order valence-electron chi connectivity index (χ0n) is 20.7. The predicted octanol–water partition coefficient (Wildman–Crippen LogP) is 3.75. The van der Waals surface area contributed by atoms with Crippen LogP contribution in [-0.2, 0) is 4.74 Å². The summed E-state index contributed by atoms with van der Waals surface area (Å²) in [5, 5.41) is 20.1. The van der Waals surface area contributed by atoms with Gasteiger partial charge in [-0.05, 0) is 44.2 Å². The molecule has 0 bridgehead atoms. The number of aliphatic hydroxyl groups excluding tert-OH is 1. The minimum Gasteiger partial charge on any atom is -0.396 e. The molecule has 2 aliphatic rings. The smallest absolute Gasteiger partial charge is 0.180 e. The van der Waals surface area contributed by atoms with Crippen LogP contribution in [0.2, 0.25) is 0 Å². The van der Waals surface area contributed by atoms with Crippen molar-refractivity contribution in [3.05, 3.63) is 72.2 Å². The lowest BCUT2D eigenvalue weighted by Gasteiger charge is -2.18. The number of nitrogens with zero attached hydrogens (tertiary/aromatic N) is 6. The van der Waals surface area contributed by atoms with Crippen molar-refractivity contribution >= 4 is 11.3 Å². The number of hydrogen-bond acceptors (Lipinski definition) is 7. The number of fused-ring (bicyclic) bond motifs is 1. The Morgan fingerprint density at radius 2 is 1.89 bits per heavy atom. The Kier molecular flexibility index (Phi) is 8.44. The van der Waals surface area contributed by atoms with Gasteiger partial charge in [0.15, 0.2) is 11.5 Å². The second-order valence-corrected chi connectivity index (χ2v) is 9.29. The molecule has 9 heteroatoms. The molecular formula is C26H35N7O2. The number of hydrogen-bond donors (Lipinski definition) is 2. The van der Waals surface area contributed by atoms with E-state index in [2.05, 4.69) is 56.3 Å². The summed E-state index contributed by atoms with van der Waals surface area (Å²) in [6.45, 7) is 9.21. The van der Waals surface area contributed by atoms with Gasteiger partial charge in [-0.25, -0.2) is 14.5 Å². The molecule has 0 radical (unpaired) electrons. The zero-order valence-corrected chi connectivity index (χ0v) is 20.7. The van der Waals surface area contributed by atoms with Crippen molar-refractivity contribution in [2.45, 2.75) is 39.7 Å². The number of rotatable bonds is 3. The molecule has 3 atom stereocenters. The zero-order chi connectivity index (χ0) is 24.6. The highest BCUT2D eigenvalue weighted by Gasteiger charge is 2.29. The first-order chi connectivity index (χ1) is 17.0. The van der Waals surface area contributed by atoms with E-state index in [0.29, 0.717) is 6.61 Å². The number of benzene rings is 1. The van der Waals surface area contributed by atoms with Crippen LogP contribution in [0, 0.1) is 25.7 Å². The molecule has 186 valence electrons. The lowest BCUT2D eigenvalue weighted by Crippen LogP contribution is -2.19. The van der Waals surface area contributed by atoms with Gasteiger partial charge >= 0.3 is 0 Å². The highest BCUT2D eigenvalue weighted by molar-refractivity contribution is 5.57. The van der Waals surface area contributed by atoms with E-state index in [4.69, 9.17) is 4.74 Å². The lowest BCUT2D eigenvalue weighted by molar-refractivity contribution is 0.0959. The Bertz CT molecular complexity index is 1140. The number of anilines is 1. The van der Waals surface area contributed by atoms with E-state index in [0.717, 1.165) is 48.3 Å². The molecule has 9 nitrogen and oxygen atoms in total. The second-order valence-electron chi connectivity index (χ2n) is 9.29. The van der Waals surface area contributed by atoms with Gasteiger partial charge < -0.3 is 14.7 Å². The number of aliphatic hydroxyl groups is 1. The standard InChI is InChI=1S/C17H24N4O2.C6H6.C3H5N3/c1-11-3-4-20(7-11)14-5-12(2)17-18-16(19-21(17)8-14)15-6-13(9-22)10-23-15;1-2-4-6-5-3-1;1-3-4-2-5-6-3/h5,8,11,13,15,22H,3-4,6-7,9-10H2,1-2H3;1-6H;2H,1H3,(H,4,5,6). The summed E-state index contributed by atoms with van der Waals surface area (Å²) in [7, 11) is 0. The lowest BCUT2D eigenvalue weighted by atomic mass is 10.1. The summed E-state index contributed by atoms with van der Waals surface area (Å²) < 4.78 is 7.63. The summed E-state index contributed by atoms with van der Waals surface area (Å²) >= 11 is 0. The summed E-state index contributed by atoms with van der Waals surface area (Å²) in [5.41, 5.74) is 3.25. The number of nitrogens with one attached hydrogen (secondary N) is 1. The topological polar surface area (TPSA) is 104 Å². The molecule has 0 saturated carbocycles. The third kappa shape index (κ3) is 6.64. The van der Waals surface area contributed by atoms with Crippen LogP contribution in [0.4, 0.5) is 5.69 Å².